The van der Waals surface area contributed by atoms with E-state index in [1.807, 2.05) is 60.7 Å². The zero-order chi connectivity index (χ0) is 33.7. The lowest BCUT2D eigenvalue weighted by Gasteiger charge is -2.12. The molecule has 0 saturated carbocycles. The summed E-state index contributed by atoms with van der Waals surface area (Å²) >= 11 is 0. The molecule has 0 aliphatic heterocycles. The fourth-order valence-corrected chi connectivity index (χ4v) is 7.21. The molecule has 0 bridgehead atoms. The van der Waals surface area contributed by atoms with Crippen LogP contribution in [-0.4, -0.2) is 15.0 Å². The number of hydrogen-bond donors (Lipinski definition) is 0. The molecule has 10 rings (SSSR count). The first-order valence-corrected chi connectivity index (χ1v) is 17.1. The van der Waals surface area contributed by atoms with Crippen LogP contribution in [0.15, 0.2) is 180 Å². The van der Waals surface area contributed by atoms with Crippen LogP contribution in [0, 0.1) is 0 Å². The molecule has 8 aromatic carbocycles. The molecule has 2 heterocycles. The molecule has 238 valence electrons. The van der Waals surface area contributed by atoms with E-state index in [2.05, 4.69) is 115 Å². The Morgan fingerprint density at radius 2 is 0.863 bits per heavy atom. The molecule has 0 saturated heterocycles. The van der Waals surface area contributed by atoms with Crippen molar-refractivity contribution < 1.29 is 4.42 Å². The average molecular weight is 652 g/mol. The number of fused-ring (bicyclic) bond motifs is 6. The van der Waals surface area contributed by atoms with Crippen LogP contribution in [0.3, 0.4) is 0 Å². The Balaban J connectivity index is 1.25. The van der Waals surface area contributed by atoms with Gasteiger partial charge in [0.15, 0.2) is 17.5 Å². The zero-order valence-corrected chi connectivity index (χ0v) is 27.5. The zero-order valence-electron chi connectivity index (χ0n) is 27.5. The van der Waals surface area contributed by atoms with Gasteiger partial charge in [-0.05, 0) is 62.7 Å². The summed E-state index contributed by atoms with van der Waals surface area (Å²) < 4.78 is 6.87. The lowest BCUT2D eigenvalue weighted by Crippen LogP contribution is -2.00. The SMILES string of the molecule is c1ccc(-c2nc(-c3ccccc3)nc(-c3cc(-c4cccc(-c5cccc6ccccc56)c4)cc4c3oc3c5ccccc5ccc43)n2)cc1. The van der Waals surface area contributed by atoms with E-state index in [9.17, 15) is 0 Å². The highest BCUT2D eigenvalue weighted by Crippen LogP contribution is 2.42. The third-order valence-corrected chi connectivity index (χ3v) is 9.70. The van der Waals surface area contributed by atoms with Crippen LogP contribution in [0.1, 0.15) is 0 Å². The molecule has 0 spiro atoms. The molecule has 0 atom stereocenters. The molecule has 0 unspecified atom stereocenters. The normalized spacial score (nSPS) is 11.5. The van der Waals surface area contributed by atoms with Crippen molar-refractivity contribution in [2.24, 2.45) is 0 Å². The molecule has 4 heteroatoms. The van der Waals surface area contributed by atoms with E-state index < -0.39 is 0 Å². The second-order valence-electron chi connectivity index (χ2n) is 12.8. The third kappa shape index (κ3) is 5.04. The average Bonchev–Trinajstić information content (AvgIpc) is 3.60. The molecule has 10 aromatic rings. The van der Waals surface area contributed by atoms with E-state index in [1.54, 1.807) is 0 Å². The van der Waals surface area contributed by atoms with Crippen LogP contribution >= 0.6 is 0 Å². The van der Waals surface area contributed by atoms with Gasteiger partial charge in [-0.25, -0.2) is 15.0 Å². The first-order valence-electron chi connectivity index (χ1n) is 17.1. The second kappa shape index (κ2) is 11.9. The number of rotatable bonds is 5. The predicted octanol–water partition coefficient (Wildman–Crippen LogP) is 12.4. The Bertz CT molecular complexity index is 2850. The minimum atomic E-state index is 0.558. The van der Waals surface area contributed by atoms with Crippen LogP contribution in [-0.2, 0) is 0 Å². The number of furan rings is 1. The Kier molecular flexibility index (Phi) is 6.78. The van der Waals surface area contributed by atoms with E-state index >= 15 is 0 Å². The summed E-state index contributed by atoms with van der Waals surface area (Å²) in [6.07, 6.45) is 0. The van der Waals surface area contributed by atoms with Crippen LogP contribution in [0.5, 0.6) is 0 Å². The summed E-state index contributed by atoms with van der Waals surface area (Å²) in [5.41, 5.74) is 8.77. The van der Waals surface area contributed by atoms with E-state index in [0.717, 1.165) is 66.1 Å². The van der Waals surface area contributed by atoms with Crippen molar-refractivity contribution >= 4 is 43.5 Å². The Morgan fingerprint density at radius 1 is 0.294 bits per heavy atom. The van der Waals surface area contributed by atoms with Gasteiger partial charge in [-0.15, -0.1) is 0 Å². The van der Waals surface area contributed by atoms with E-state index in [-0.39, 0.29) is 0 Å². The molecule has 0 fully saturated rings. The van der Waals surface area contributed by atoms with Crippen molar-refractivity contribution in [1.82, 2.24) is 15.0 Å². The highest BCUT2D eigenvalue weighted by Gasteiger charge is 2.21. The van der Waals surface area contributed by atoms with E-state index in [4.69, 9.17) is 19.4 Å². The Hall–Kier alpha value is -6.91. The highest BCUT2D eigenvalue weighted by molar-refractivity contribution is 6.18. The number of benzene rings is 8. The van der Waals surface area contributed by atoms with Gasteiger partial charge in [0, 0.05) is 27.3 Å². The summed E-state index contributed by atoms with van der Waals surface area (Å²) in [5.74, 6) is 1.78. The van der Waals surface area contributed by atoms with Crippen molar-refractivity contribution in [3.8, 4) is 56.4 Å². The molecule has 0 amide bonds. The van der Waals surface area contributed by atoms with Crippen LogP contribution in [0.2, 0.25) is 0 Å². The van der Waals surface area contributed by atoms with Gasteiger partial charge in [0.25, 0.3) is 0 Å². The van der Waals surface area contributed by atoms with Gasteiger partial charge in [-0.2, -0.15) is 0 Å². The molecule has 0 radical (unpaired) electrons. The van der Waals surface area contributed by atoms with Crippen LogP contribution in [0.25, 0.3) is 99.9 Å². The summed E-state index contributed by atoms with van der Waals surface area (Å²) in [6, 6.07) is 61.1. The Labute approximate surface area is 294 Å². The largest absolute Gasteiger partial charge is 0.455 e. The van der Waals surface area contributed by atoms with Crippen molar-refractivity contribution in [1.29, 1.82) is 0 Å². The molecule has 0 aliphatic rings. The summed E-state index contributed by atoms with van der Waals surface area (Å²) in [5, 5.41) is 6.72. The molecular formula is C47H29N3O. The van der Waals surface area contributed by atoms with Crippen molar-refractivity contribution in [2.45, 2.75) is 0 Å². The molecular weight excluding hydrogens is 623 g/mol. The van der Waals surface area contributed by atoms with Gasteiger partial charge < -0.3 is 4.42 Å². The number of aromatic nitrogens is 3. The minimum absolute atomic E-state index is 0.558. The maximum Gasteiger partial charge on any atom is 0.167 e. The van der Waals surface area contributed by atoms with Crippen molar-refractivity contribution in [3.63, 3.8) is 0 Å². The fourth-order valence-electron chi connectivity index (χ4n) is 7.21. The lowest BCUT2D eigenvalue weighted by molar-refractivity contribution is 0.673. The summed E-state index contributed by atoms with van der Waals surface area (Å²) in [6.45, 7) is 0. The van der Waals surface area contributed by atoms with Crippen LogP contribution in [0.4, 0.5) is 0 Å². The van der Waals surface area contributed by atoms with Gasteiger partial charge >= 0.3 is 0 Å². The lowest BCUT2D eigenvalue weighted by atomic mass is 9.93. The molecule has 0 aliphatic carbocycles. The maximum absolute atomic E-state index is 6.87. The first-order chi connectivity index (χ1) is 25.3. The maximum atomic E-state index is 6.87. The molecule has 0 N–H and O–H groups in total. The smallest absolute Gasteiger partial charge is 0.167 e. The molecule has 51 heavy (non-hydrogen) atoms. The third-order valence-electron chi connectivity index (χ3n) is 9.70. The quantitative estimate of drug-likeness (QED) is 0.186. The van der Waals surface area contributed by atoms with Crippen molar-refractivity contribution in [3.05, 3.63) is 176 Å². The van der Waals surface area contributed by atoms with Gasteiger partial charge in [-0.1, -0.05) is 152 Å². The second-order valence-corrected chi connectivity index (χ2v) is 12.8. The highest BCUT2D eigenvalue weighted by atomic mass is 16.3. The van der Waals surface area contributed by atoms with Gasteiger partial charge in [-0.3, -0.25) is 0 Å². The van der Waals surface area contributed by atoms with Gasteiger partial charge in [0.1, 0.15) is 11.2 Å². The first kappa shape index (κ1) is 29.0. The number of hydrogen-bond acceptors (Lipinski definition) is 4. The van der Waals surface area contributed by atoms with Crippen molar-refractivity contribution in [2.75, 3.05) is 0 Å². The number of nitrogens with zero attached hydrogens (tertiary/aromatic N) is 3. The summed E-state index contributed by atoms with van der Waals surface area (Å²) in [7, 11) is 0. The van der Waals surface area contributed by atoms with Gasteiger partial charge in [0.2, 0.25) is 0 Å². The minimum Gasteiger partial charge on any atom is -0.455 e. The topological polar surface area (TPSA) is 51.8 Å². The fraction of sp³-hybridized carbons (Fsp3) is 0. The predicted molar refractivity (Wildman–Crippen MR) is 209 cm³/mol. The molecule has 2 aromatic heterocycles. The van der Waals surface area contributed by atoms with Crippen LogP contribution < -0.4 is 0 Å². The van der Waals surface area contributed by atoms with Gasteiger partial charge in [0.05, 0.1) is 5.56 Å². The monoisotopic (exact) mass is 651 g/mol. The standard InChI is InChI=1S/C47H29N3O/c1-3-15-32(16-4-1)45-48-46(33-17-5-2-6-18-33)50-47(49-45)42-29-36(28-41-40-26-25-31-14-8-10-23-39(31)43(40)51-44(41)42)34-20-11-21-35(27-34)38-24-12-19-30-13-7-9-22-37(30)38/h1-29H. The van der Waals surface area contributed by atoms with E-state index in [1.165, 1.54) is 16.3 Å². The summed E-state index contributed by atoms with van der Waals surface area (Å²) in [4.78, 5) is 15.2. The Morgan fingerprint density at radius 3 is 1.61 bits per heavy atom. The molecule has 4 nitrogen and oxygen atoms in total. The van der Waals surface area contributed by atoms with E-state index in [0.29, 0.717) is 17.5 Å².